The molecule has 0 unspecified atom stereocenters. The second-order valence-electron chi connectivity index (χ2n) is 5.91. The molecule has 1 N–H and O–H groups in total. The van der Waals surface area contributed by atoms with E-state index in [1.54, 1.807) is 28.9 Å². The Kier molecular flexibility index (Phi) is 5.74. The van der Waals surface area contributed by atoms with Crippen molar-refractivity contribution in [1.82, 2.24) is 14.7 Å². The molecule has 0 saturated heterocycles. The van der Waals surface area contributed by atoms with Crippen molar-refractivity contribution in [2.45, 2.75) is 33.4 Å². The molecular weight excluding hydrogens is 326 g/mol. The van der Waals surface area contributed by atoms with E-state index in [-0.39, 0.29) is 18.4 Å². The summed E-state index contributed by atoms with van der Waals surface area (Å²) in [5.74, 6) is -1.43. The summed E-state index contributed by atoms with van der Waals surface area (Å²) in [6.45, 7) is 4.91. The highest BCUT2D eigenvalue weighted by Crippen LogP contribution is 2.14. The number of esters is 2. The van der Waals surface area contributed by atoms with Crippen LogP contribution in [0.1, 0.15) is 36.8 Å². The summed E-state index contributed by atoms with van der Waals surface area (Å²) in [6.07, 6.45) is 3.39. The normalized spacial score (nSPS) is 12.0. The number of carbonyl (C=O) groups excluding carboxylic acids is 3. The third-order valence-corrected chi connectivity index (χ3v) is 3.58. The van der Waals surface area contributed by atoms with Crippen LogP contribution < -0.4 is 5.32 Å². The molecular formula is C17H21N3O5. The molecule has 25 heavy (non-hydrogen) atoms. The maximum Gasteiger partial charge on any atom is 0.341 e. The van der Waals surface area contributed by atoms with Crippen LogP contribution in [-0.4, -0.2) is 40.4 Å². The number of hydrogen-bond acceptors (Lipinski definition) is 6. The summed E-state index contributed by atoms with van der Waals surface area (Å²) >= 11 is 0. The van der Waals surface area contributed by atoms with Gasteiger partial charge in [-0.05, 0) is 18.1 Å². The Labute approximate surface area is 145 Å². The Bertz CT molecular complexity index is 797. The van der Waals surface area contributed by atoms with Gasteiger partial charge in [-0.25, -0.2) is 14.6 Å². The van der Waals surface area contributed by atoms with E-state index in [1.807, 2.05) is 13.8 Å². The monoisotopic (exact) mass is 347 g/mol. The van der Waals surface area contributed by atoms with Gasteiger partial charge in [-0.15, -0.1) is 0 Å². The molecule has 8 nitrogen and oxygen atoms in total. The number of amides is 1. The minimum atomic E-state index is -0.722. The first-order valence-corrected chi connectivity index (χ1v) is 7.82. The van der Waals surface area contributed by atoms with E-state index in [0.717, 1.165) is 0 Å². The Morgan fingerprint density at radius 3 is 2.64 bits per heavy atom. The number of fused-ring (bicyclic) bond motifs is 1. The van der Waals surface area contributed by atoms with Crippen LogP contribution in [0.15, 0.2) is 24.5 Å². The van der Waals surface area contributed by atoms with Crippen molar-refractivity contribution in [2.24, 2.45) is 5.92 Å². The largest absolute Gasteiger partial charge is 0.465 e. The standard InChI is InChI=1S/C17H21N3O5/c1-10(2)14(18-11(3)21)17(23)25-9-12-8-20-7-5-6-13(15(20)19-12)16(22)24-4/h5-8,10,14H,9H2,1-4H3,(H,18,21)/t14-/m0/s1. The molecule has 1 amide bonds. The van der Waals surface area contributed by atoms with Crippen molar-refractivity contribution in [3.05, 3.63) is 35.8 Å². The molecule has 2 rings (SSSR count). The lowest BCUT2D eigenvalue weighted by molar-refractivity contribution is -0.150. The van der Waals surface area contributed by atoms with E-state index in [4.69, 9.17) is 9.47 Å². The fourth-order valence-corrected chi connectivity index (χ4v) is 2.35. The molecule has 134 valence electrons. The summed E-state index contributed by atoms with van der Waals surface area (Å²) in [7, 11) is 1.30. The van der Waals surface area contributed by atoms with Crippen molar-refractivity contribution in [3.63, 3.8) is 0 Å². The first kappa shape index (κ1) is 18.4. The van der Waals surface area contributed by atoms with Crippen molar-refractivity contribution in [2.75, 3.05) is 7.11 Å². The quantitative estimate of drug-likeness (QED) is 0.792. The van der Waals surface area contributed by atoms with Crippen LogP contribution in [-0.2, 0) is 25.7 Å². The van der Waals surface area contributed by atoms with Gasteiger partial charge in [-0.2, -0.15) is 0 Å². The molecule has 0 aliphatic rings. The number of imidazole rings is 1. The van der Waals surface area contributed by atoms with Crippen LogP contribution in [0.2, 0.25) is 0 Å². The van der Waals surface area contributed by atoms with Crippen LogP contribution in [0.5, 0.6) is 0 Å². The number of ether oxygens (including phenoxy) is 2. The zero-order valence-electron chi connectivity index (χ0n) is 14.6. The molecule has 0 fully saturated rings. The summed E-state index contributed by atoms with van der Waals surface area (Å²) < 4.78 is 11.6. The van der Waals surface area contributed by atoms with Gasteiger partial charge in [0.2, 0.25) is 5.91 Å². The van der Waals surface area contributed by atoms with E-state index in [1.165, 1.54) is 14.0 Å². The predicted octanol–water partition coefficient (Wildman–Crippen LogP) is 1.32. The molecule has 2 aromatic heterocycles. The van der Waals surface area contributed by atoms with Crippen LogP contribution in [0, 0.1) is 5.92 Å². The van der Waals surface area contributed by atoms with Crippen LogP contribution in [0.25, 0.3) is 5.65 Å². The molecule has 0 saturated carbocycles. The average molecular weight is 347 g/mol. The molecule has 2 aromatic rings. The summed E-state index contributed by atoms with van der Waals surface area (Å²) in [5.41, 5.74) is 1.22. The molecule has 0 bridgehead atoms. The average Bonchev–Trinajstić information content (AvgIpc) is 2.99. The van der Waals surface area contributed by atoms with E-state index in [9.17, 15) is 14.4 Å². The molecule has 0 spiro atoms. The van der Waals surface area contributed by atoms with Gasteiger partial charge in [0.1, 0.15) is 18.2 Å². The molecule has 0 aromatic carbocycles. The first-order chi connectivity index (χ1) is 11.8. The minimum Gasteiger partial charge on any atom is -0.465 e. The van der Waals surface area contributed by atoms with Crippen molar-refractivity contribution >= 4 is 23.5 Å². The summed E-state index contributed by atoms with van der Waals surface area (Å²) in [5, 5.41) is 2.57. The molecule has 0 aliphatic heterocycles. The van der Waals surface area contributed by atoms with Crippen molar-refractivity contribution in [1.29, 1.82) is 0 Å². The maximum atomic E-state index is 12.2. The van der Waals surface area contributed by atoms with Gasteiger partial charge >= 0.3 is 11.9 Å². The number of nitrogens with one attached hydrogen (secondary N) is 1. The second-order valence-corrected chi connectivity index (χ2v) is 5.91. The van der Waals surface area contributed by atoms with E-state index in [0.29, 0.717) is 16.9 Å². The molecule has 1 atom stereocenters. The van der Waals surface area contributed by atoms with Crippen LogP contribution in [0.3, 0.4) is 0 Å². The fraction of sp³-hybridized carbons (Fsp3) is 0.412. The second kappa shape index (κ2) is 7.78. The lowest BCUT2D eigenvalue weighted by atomic mass is 10.0. The van der Waals surface area contributed by atoms with Gasteiger partial charge in [0.05, 0.1) is 12.8 Å². The van der Waals surface area contributed by atoms with Crippen molar-refractivity contribution < 1.29 is 23.9 Å². The third-order valence-electron chi connectivity index (χ3n) is 3.58. The zero-order valence-corrected chi connectivity index (χ0v) is 14.6. The number of carbonyl (C=O) groups is 3. The van der Waals surface area contributed by atoms with E-state index < -0.39 is 18.0 Å². The number of rotatable bonds is 6. The highest BCUT2D eigenvalue weighted by molar-refractivity contribution is 5.95. The van der Waals surface area contributed by atoms with Gasteiger partial charge in [0.15, 0.2) is 5.65 Å². The third kappa shape index (κ3) is 4.34. The topological polar surface area (TPSA) is 99.0 Å². The lowest BCUT2D eigenvalue weighted by Gasteiger charge is -2.19. The smallest absolute Gasteiger partial charge is 0.341 e. The van der Waals surface area contributed by atoms with Gasteiger partial charge in [-0.3, -0.25) is 4.79 Å². The Morgan fingerprint density at radius 1 is 1.32 bits per heavy atom. The molecule has 0 radical (unpaired) electrons. The number of hydrogen-bond donors (Lipinski definition) is 1. The van der Waals surface area contributed by atoms with Crippen LogP contribution >= 0.6 is 0 Å². The molecule has 8 heteroatoms. The van der Waals surface area contributed by atoms with Gasteiger partial charge in [-0.1, -0.05) is 13.8 Å². The zero-order chi connectivity index (χ0) is 18.6. The van der Waals surface area contributed by atoms with Crippen molar-refractivity contribution in [3.8, 4) is 0 Å². The van der Waals surface area contributed by atoms with Crippen LogP contribution in [0.4, 0.5) is 0 Å². The Balaban J connectivity index is 2.14. The van der Waals surface area contributed by atoms with E-state index in [2.05, 4.69) is 10.3 Å². The van der Waals surface area contributed by atoms with Gasteiger partial charge in [0, 0.05) is 19.3 Å². The predicted molar refractivity (Wildman–Crippen MR) is 88.8 cm³/mol. The lowest BCUT2D eigenvalue weighted by Crippen LogP contribution is -2.44. The highest BCUT2D eigenvalue weighted by Gasteiger charge is 2.25. The molecule has 2 heterocycles. The Hall–Kier alpha value is -2.90. The number of methoxy groups -OCH3 is 1. The van der Waals surface area contributed by atoms with E-state index >= 15 is 0 Å². The number of nitrogens with zero attached hydrogens (tertiary/aromatic N) is 2. The minimum absolute atomic E-state index is 0.0655. The first-order valence-electron chi connectivity index (χ1n) is 7.82. The van der Waals surface area contributed by atoms with Gasteiger partial charge in [0.25, 0.3) is 0 Å². The summed E-state index contributed by atoms with van der Waals surface area (Å²) in [4.78, 5) is 39.5. The molecule has 0 aliphatic carbocycles. The maximum absolute atomic E-state index is 12.2. The summed E-state index contributed by atoms with van der Waals surface area (Å²) in [6, 6.07) is 2.58. The highest BCUT2D eigenvalue weighted by atomic mass is 16.5. The van der Waals surface area contributed by atoms with Gasteiger partial charge < -0.3 is 19.2 Å². The number of aromatic nitrogens is 2. The SMILES string of the molecule is COC(=O)c1cccn2cc(COC(=O)[C@@H](NC(C)=O)C(C)C)nc12. The fourth-order valence-electron chi connectivity index (χ4n) is 2.35. The Morgan fingerprint density at radius 2 is 2.04 bits per heavy atom. The number of pyridine rings is 1.